The van der Waals surface area contributed by atoms with E-state index in [-0.39, 0.29) is 21.7 Å². The Hall–Kier alpha value is -4.70. The highest BCUT2D eigenvalue weighted by Gasteiger charge is 2.47. The van der Waals surface area contributed by atoms with Crippen molar-refractivity contribution in [2.45, 2.75) is 253 Å². The zero-order valence-electron chi connectivity index (χ0n) is 47.3. The molecule has 11 rings (SSSR count). The van der Waals surface area contributed by atoms with Gasteiger partial charge in [0.25, 0.3) is 0 Å². The monoisotopic (exact) mass is 1020 g/mol. The molecule has 0 amide bonds. The summed E-state index contributed by atoms with van der Waals surface area (Å²) in [7, 11) is 0. The Bertz CT molecular complexity index is 2450. The summed E-state index contributed by atoms with van der Waals surface area (Å²) in [6.45, 7) is 10.1. The van der Waals surface area contributed by atoms with Crippen LogP contribution in [0.1, 0.15) is 287 Å². The van der Waals surface area contributed by atoms with Crippen molar-refractivity contribution in [1.82, 2.24) is 0 Å². The SMILES string of the molecule is CC(C)(c1cccc(C(C)(C)C2CCC(c3ccc(O)c(C4CCCCC4)c3)(c3ccc(O)c(C4CCCCC4)c3)CC2)c1)C1CCC(c2ccc(O)c(C3CCCCC3)c2)(c2ccc(O)c(C3CCCCC3)c2)CC1. The van der Waals surface area contributed by atoms with Crippen LogP contribution in [0.4, 0.5) is 0 Å². The van der Waals surface area contributed by atoms with Crippen molar-refractivity contribution < 1.29 is 20.4 Å². The topological polar surface area (TPSA) is 80.9 Å². The predicted molar refractivity (Wildman–Crippen MR) is 314 cm³/mol. The maximum absolute atomic E-state index is 11.4. The van der Waals surface area contributed by atoms with Gasteiger partial charge >= 0.3 is 0 Å². The standard InChI is InChI=1S/C72H94O4/c1-69(2,53-36-40-71(41-37-53,57-28-32-65(73)61(45-57)49-18-9-5-10-19-49)58-29-33-66(74)62(46-58)50-20-11-6-12-21-50)55-26-17-27-56(44-55)70(3,4)54-38-42-72(43-39-54,59-30-34-67(75)63(47-59)51-22-13-7-14-23-51)60-31-35-68(76)64(48-60)52-24-15-8-16-25-52/h17,26-35,44-54,73-76H,5-16,18-25,36-43H2,1-4H3. The van der Waals surface area contributed by atoms with Gasteiger partial charge in [-0.2, -0.15) is 0 Å². The first-order valence-corrected chi connectivity index (χ1v) is 31.2. The third-order valence-corrected chi connectivity index (χ3v) is 22.6. The van der Waals surface area contributed by atoms with Gasteiger partial charge in [0.15, 0.2) is 0 Å². The van der Waals surface area contributed by atoms with Crippen LogP contribution in [0.2, 0.25) is 0 Å². The Morgan fingerprint density at radius 3 is 0.816 bits per heavy atom. The fourth-order valence-corrected chi connectivity index (χ4v) is 17.3. The zero-order chi connectivity index (χ0) is 52.7. The van der Waals surface area contributed by atoms with Crippen molar-refractivity contribution in [2.75, 3.05) is 0 Å². The lowest BCUT2D eigenvalue weighted by Crippen LogP contribution is -2.40. The first-order chi connectivity index (χ1) is 36.8. The van der Waals surface area contributed by atoms with Crippen LogP contribution in [0.3, 0.4) is 0 Å². The minimum Gasteiger partial charge on any atom is -0.508 e. The first kappa shape index (κ1) is 53.3. The Labute approximate surface area is 458 Å². The molecule has 0 spiro atoms. The number of rotatable bonds is 12. The molecule has 4 heteroatoms. The van der Waals surface area contributed by atoms with Crippen molar-refractivity contribution in [2.24, 2.45) is 11.8 Å². The average molecular weight is 1020 g/mol. The van der Waals surface area contributed by atoms with E-state index in [1.54, 1.807) is 0 Å². The van der Waals surface area contributed by atoms with Crippen LogP contribution >= 0.6 is 0 Å². The average Bonchev–Trinajstić information content (AvgIpc) is 3.50. The second-order valence-corrected chi connectivity index (χ2v) is 27.2. The summed E-state index contributed by atoms with van der Waals surface area (Å²) in [4.78, 5) is 0. The van der Waals surface area contributed by atoms with Gasteiger partial charge in [-0.1, -0.05) is 178 Å². The summed E-state index contributed by atoms with van der Waals surface area (Å²) in [6.07, 6.45) is 33.0. The lowest BCUT2D eigenvalue weighted by atomic mass is 9.56. The normalized spacial score (nSPS) is 22.2. The Kier molecular flexibility index (Phi) is 15.6. The Morgan fingerprint density at radius 1 is 0.316 bits per heavy atom. The molecular weight excluding hydrogens is 929 g/mol. The van der Waals surface area contributed by atoms with Gasteiger partial charge in [0.1, 0.15) is 23.0 Å². The highest BCUT2D eigenvalue weighted by molar-refractivity contribution is 5.52. The lowest BCUT2D eigenvalue weighted by molar-refractivity contribution is 0.184. The molecule has 6 aliphatic rings. The van der Waals surface area contributed by atoms with Crippen LogP contribution in [0.15, 0.2) is 97.1 Å². The van der Waals surface area contributed by atoms with E-state index in [2.05, 4.69) is 100 Å². The molecular formula is C72H94O4. The number of hydrogen-bond acceptors (Lipinski definition) is 4. The number of hydrogen-bond donors (Lipinski definition) is 4. The van der Waals surface area contributed by atoms with E-state index >= 15 is 0 Å². The maximum Gasteiger partial charge on any atom is 0.119 e. The molecule has 0 radical (unpaired) electrons. The summed E-state index contributed by atoms with van der Waals surface area (Å²) in [5, 5.41) is 45.7. The van der Waals surface area contributed by atoms with Gasteiger partial charge in [0.05, 0.1) is 0 Å². The number of benzene rings is 5. The van der Waals surface area contributed by atoms with Gasteiger partial charge in [0.2, 0.25) is 0 Å². The Balaban J connectivity index is 0.866. The molecule has 0 aliphatic heterocycles. The molecule has 5 aromatic carbocycles. The van der Waals surface area contributed by atoms with Crippen molar-refractivity contribution >= 4 is 0 Å². The molecule has 0 atom stereocenters. The minimum atomic E-state index is -0.185. The molecule has 6 aliphatic carbocycles. The van der Waals surface area contributed by atoms with Crippen molar-refractivity contribution in [3.05, 3.63) is 153 Å². The van der Waals surface area contributed by atoms with Crippen LogP contribution in [0.25, 0.3) is 0 Å². The number of aromatic hydroxyl groups is 4. The van der Waals surface area contributed by atoms with Crippen LogP contribution in [-0.4, -0.2) is 20.4 Å². The van der Waals surface area contributed by atoms with Crippen LogP contribution in [0.5, 0.6) is 23.0 Å². The van der Waals surface area contributed by atoms with E-state index in [0.717, 1.165) is 125 Å². The molecule has 6 fully saturated rings. The van der Waals surface area contributed by atoms with Gasteiger partial charge in [-0.3, -0.25) is 0 Å². The van der Waals surface area contributed by atoms with E-state index in [1.165, 1.54) is 110 Å². The second kappa shape index (κ2) is 22.2. The smallest absolute Gasteiger partial charge is 0.119 e. The van der Waals surface area contributed by atoms with Gasteiger partial charge in [-0.25, -0.2) is 0 Å². The number of phenols is 4. The largest absolute Gasteiger partial charge is 0.508 e. The van der Waals surface area contributed by atoms with E-state index in [4.69, 9.17) is 0 Å². The summed E-state index contributed by atoms with van der Waals surface area (Å²) in [5.74, 6) is 4.55. The number of phenolic OH excluding ortho intramolecular Hbond substituents is 4. The Morgan fingerprint density at radius 2 is 0.566 bits per heavy atom. The summed E-state index contributed by atoms with van der Waals surface area (Å²) in [6, 6.07) is 36.5. The predicted octanol–water partition coefficient (Wildman–Crippen LogP) is 19.6. The molecule has 0 heterocycles. The molecule has 4 nitrogen and oxygen atoms in total. The van der Waals surface area contributed by atoms with Crippen molar-refractivity contribution in [3.63, 3.8) is 0 Å². The molecule has 0 saturated heterocycles. The third kappa shape index (κ3) is 10.3. The first-order valence-electron chi connectivity index (χ1n) is 31.2. The van der Waals surface area contributed by atoms with Gasteiger partial charge < -0.3 is 20.4 Å². The van der Waals surface area contributed by atoms with Crippen molar-refractivity contribution in [1.29, 1.82) is 0 Å². The van der Waals surface area contributed by atoms with Crippen LogP contribution in [-0.2, 0) is 21.7 Å². The van der Waals surface area contributed by atoms with Crippen molar-refractivity contribution in [3.8, 4) is 23.0 Å². The molecule has 0 bridgehead atoms. The summed E-state index contributed by atoms with van der Waals surface area (Å²) < 4.78 is 0. The van der Waals surface area contributed by atoms with Crippen LogP contribution < -0.4 is 0 Å². The lowest BCUT2D eigenvalue weighted by Gasteiger charge is -2.48. The fourth-order valence-electron chi connectivity index (χ4n) is 17.3. The molecule has 5 aromatic rings. The zero-order valence-corrected chi connectivity index (χ0v) is 47.3. The second-order valence-electron chi connectivity index (χ2n) is 27.2. The van der Waals surface area contributed by atoms with Gasteiger partial charge in [-0.05, 0) is 229 Å². The molecule has 406 valence electrons. The summed E-state index contributed by atoms with van der Waals surface area (Å²) in [5.41, 5.74) is 12.5. The highest BCUT2D eigenvalue weighted by atomic mass is 16.3. The van der Waals surface area contributed by atoms with E-state index < -0.39 is 0 Å². The van der Waals surface area contributed by atoms with Gasteiger partial charge in [0, 0.05) is 10.8 Å². The maximum atomic E-state index is 11.4. The minimum absolute atomic E-state index is 0.0335. The summed E-state index contributed by atoms with van der Waals surface area (Å²) >= 11 is 0. The van der Waals surface area contributed by atoms with Gasteiger partial charge in [-0.15, -0.1) is 0 Å². The fraction of sp³-hybridized carbons (Fsp3) is 0.583. The highest BCUT2D eigenvalue weighted by Crippen LogP contribution is 2.56. The van der Waals surface area contributed by atoms with Crippen LogP contribution in [0, 0.1) is 11.8 Å². The third-order valence-electron chi connectivity index (χ3n) is 22.6. The molecule has 0 unspecified atom stereocenters. The molecule has 6 saturated carbocycles. The van der Waals surface area contributed by atoms with E-state index in [9.17, 15) is 20.4 Å². The van der Waals surface area contributed by atoms with E-state index in [0.29, 0.717) is 58.5 Å². The molecule has 0 aromatic heterocycles. The molecule has 76 heavy (non-hydrogen) atoms. The molecule has 4 N–H and O–H groups in total. The quantitative estimate of drug-likeness (QED) is 0.100. The van der Waals surface area contributed by atoms with E-state index in [1.807, 2.05) is 24.3 Å².